The number of amides is 1. The summed E-state index contributed by atoms with van der Waals surface area (Å²) in [4.78, 5) is 30.6. The van der Waals surface area contributed by atoms with Gasteiger partial charge in [-0.15, -0.1) is 0 Å². The van der Waals surface area contributed by atoms with Gasteiger partial charge in [-0.1, -0.05) is 0 Å². The van der Waals surface area contributed by atoms with Crippen molar-refractivity contribution in [3.8, 4) is 0 Å². The third-order valence-corrected chi connectivity index (χ3v) is 5.74. The number of carbonyl (C=O) groups is 1. The fourth-order valence-corrected chi connectivity index (χ4v) is 3.93. The average Bonchev–Trinajstić information content (AvgIpc) is 3.14. The number of hydrogen-bond acceptors (Lipinski definition) is 7. The van der Waals surface area contributed by atoms with Crippen LogP contribution >= 0.6 is 15.9 Å². The Bertz CT molecular complexity index is 841. The topological polar surface area (TPSA) is 69.0 Å². The Labute approximate surface area is 173 Å². The molecule has 4 heterocycles. The van der Waals surface area contributed by atoms with Crippen LogP contribution in [0.1, 0.15) is 16.4 Å². The number of piperazine rings is 2. The Balaban J connectivity index is 1.42. The number of likely N-dealkylation sites (N-methyl/N-ethyl adjacent to an activating group) is 1. The molecule has 0 unspecified atom stereocenters. The molecular weight excluding hydrogens is 424 g/mol. The Hall–Kier alpha value is -2.13. The lowest BCUT2D eigenvalue weighted by atomic mass is 10.2. The van der Waals surface area contributed by atoms with E-state index in [0.29, 0.717) is 23.5 Å². The minimum absolute atomic E-state index is 0.0673. The van der Waals surface area contributed by atoms with Crippen molar-refractivity contribution in [2.45, 2.75) is 6.92 Å². The molecule has 2 saturated heterocycles. The van der Waals surface area contributed by atoms with Crippen molar-refractivity contribution in [1.29, 1.82) is 0 Å². The maximum Gasteiger partial charge on any atom is 0.289 e. The van der Waals surface area contributed by atoms with E-state index >= 15 is 0 Å². The van der Waals surface area contributed by atoms with Crippen LogP contribution in [0.3, 0.4) is 0 Å². The van der Waals surface area contributed by atoms with E-state index < -0.39 is 0 Å². The lowest BCUT2D eigenvalue weighted by Crippen LogP contribution is -2.49. The lowest BCUT2D eigenvalue weighted by Gasteiger charge is -2.36. The van der Waals surface area contributed by atoms with E-state index in [1.54, 1.807) is 12.1 Å². The van der Waals surface area contributed by atoms with E-state index in [1.807, 2.05) is 11.8 Å². The number of nitrogens with zero attached hydrogens (tertiary/aromatic N) is 6. The van der Waals surface area contributed by atoms with Crippen molar-refractivity contribution in [2.24, 2.45) is 0 Å². The quantitative estimate of drug-likeness (QED) is 0.709. The minimum atomic E-state index is -0.0673. The van der Waals surface area contributed by atoms with E-state index in [2.05, 4.69) is 53.7 Å². The van der Waals surface area contributed by atoms with Crippen molar-refractivity contribution in [3.05, 3.63) is 34.5 Å². The highest BCUT2D eigenvalue weighted by atomic mass is 79.9. The first-order valence-electron chi connectivity index (χ1n) is 9.58. The van der Waals surface area contributed by atoms with Gasteiger partial charge in [-0.05, 0) is 42.0 Å². The smallest absolute Gasteiger partial charge is 0.289 e. The van der Waals surface area contributed by atoms with Crippen LogP contribution in [-0.4, -0.2) is 85.1 Å². The molecule has 28 heavy (non-hydrogen) atoms. The van der Waals surface area contributed by atoms with Crippen molar-refractivity contribution in [3.63, 3.8) is 0 Å². The second-order valence-corrected chi connectivity index (χ2v) is 8.09. The lowest BCUT2D eigenvalue weighted by molar-refractivity contribution is 0.0713. The van der Waals surface area contributed by atoms with E-state index in [-0.39, 0.29) is 5.91 Å². The highest BCUT2D eigenvalue weighted by molar-refractivity contribution is 9.10. The fourth-order valence-electron chi connectivity index (χ4n) is 3.62. The molecule has 2 aromatic heterocycles. The molecule has 0 bridgehead atoms. The van der Waals surface area contributed by atoms with Crippen LogP contribution in [-0.2, 0) is 0 Å². The zero-order valence-electron chi connectivity index (χ0n) is 16.3. The number of aromatic nitrogens is 2. The first-order valence-corrected chi connectivity index (χ1v) is 10.4. The van der Waals surface area contributed by atoms with Gasteiger partial charge in [0.15, 0.2) is 10.4 Å². The summed E-state index contributed by atoms with van der Waals surface area (Å²) in [7, 11) is 2.15. The summed E-state index contributed by atoms with van der Waals surface area (Å²) in [5, 5.41) is 0. The van der Waals surface area contributed by atoms with Crippen LogP contribution in [0, 0.1) is 6.92 Å². The molecule has 4 rings (SSSR count). The average molecular weight is 449 g/mol. The number of anilines is 2. The number of halogens is 1. The molecule has 0 saturated carbocycles. The number of carbonyl (C=O) groups excluding carboxylic acids is 1. The zero-order valence-corrected chi connectivity index (χ0v) is 17.9. The van der Waals surface area contributed by atoms with Crippen molar-refractivity contribution >= 4 is 33.5 Å². The molecule has 0 radical (unpaired) electrons. The van der Waals surface area contributed by atoms with Gasteiger partial charge in [0.05, 0.1) is 0 Å². The van der Waals surface area contributed by atoms with Crippen LogP contribution in [0.15, 0.2) is 27.3 Å². The third kappa shape index (κ3) is 4.15. The molecular formula is C19H25BrN6O2. The van der Waals surface area contributed by atoms with E-state index in [9.17, 15) is 4.79 Å². The Kier molecular flexibility index (Phi) is 5.54. The number of hydrogen-bond donors (Lipinski definition) is 0. The molecule has 2 aromatic rings. The number of aryl methyl sites for hydroxylation is 1. The summed E-state index contributed by atoms with van der Waals surface area (Å²) in [6.45, 7) is 8.76. The number of rotatable bonds is 3. The standard InChI is InChI=1S/C19H25BrN6O2/c1-14-21-17(24-7-5-23(2)6-8-24)13-18(22-14)25-9-11-26(12-10-25)19(27)15-3-4-16(20)28-15/h3-4,13H,5-12H2,1-2H3. The zero-order chi connectivity index (χ0) is 19.7. The first kappa shape index (κ1) is 19.2. The second-order valence-electron chi connectivity index (χ2n) is 7.30. The summed E-state index contributed by atoms with van der Waals surface area (Å²) in [6.07, 6.45) is 0. The van der Waals surface area contributed by atoms with Crippen molar-refractivity contribution in [2.75, 3.05) is 69.2 Å². The predicted octanol–water partition coefficient (Wildman–Crippen LogP) is 1.85. The molecule has 0 spiro atoms. The Morgan fingerprint density at radius 2 is 1.54 bits per heavy atom. The van der Waals surface area contributed by atoms with Crippen LogP contribution in [0.5, 0.6) is 0 Å². The predicted molar refractivity (Wildman–Crippen MR) is 111 cm³/mol. The molecule has 2 aliphatic heterocycles. The molecule has 0 aromatic carbocycles. The molecule has 9 heteroatoms. The molecule has 1 amide bonds. The van der Waals surface area contributed by atoms with E-state index in [4.69, 9.17) is 4.42 Å². The van der Waals surface area contributed by atoms with Crippen LogP contribution in [0.25, 0.3) is 0 Å². The monoisotopic (exact) mass is 448 g/mol. The van der Waals surface area contributed by atoms with Crippen molar-refractivity contribution < 1.29 is 9.21 Å². The molecule has 0 atom stereocenters. The summed E-state index contributed by atoms with van der Waals surface area (Å²) in [6, 6.07) is 5.53. The Morgan fingerprint density at radius 3 is 2.07 bits per heavy atom. The second kappa shape index (κ2) is 8.08. The van der Waals surface area contributed by atoms with Crippen molar-refractivity contribution in [1.82, 2.24) is 19.8 Å². The first-order chi connectivity index (χ1) is 13.5. The van der Waals surface area contributed by atoms with Gasteiger partial charge in [0.2, 0.25) is 0 Å². The number of furan rings is 1. The molecule has 8 nitrogen and oxygen atoms in total. The molecule has 0 aliphatic carbocycles. The van der Waals surface area contributed by atoms with Gasteiger partial charge in [0.25, 0.3) is 5.91 Å². The van der Waals surface area contributed by atoms with Gasteiger partial charge in [-0.2, -0.15) is 0 Å². The van der Waals surface area contributed by atoms with Gasteiger partial charge in [-0.25, -0.2) is 9.97 Å². The summed E-state index contributed by atoms with van der Waals surface area (Å²) >= 11 is 3.25. The molecule has 2 fully saturated rings. The minimum Gasteiger partial charge on any atom is -0.444 e. The molecule has 0 N–H and O–H groups in total. The molecule has 150 valence electrons. The SMILES string of the molecule is Cc1nc(N2CCN(C)CC2)cc(N2CCN(C(=O)c3ccc(Br)o3)CC2)n1. The normalized spacial score (nSPS) is 18.6. The van der Waals surface area contributed by atoms with Crippen LogP contribution < -0.4 is 9.80 Å². The maximum atomic E-state index is 12.6. The van der Waals surface area contributed by atoms with Crippen LogP contribution in [0.4, 0.5) is 11.6 Å². The van der Waals surface area contributed by atoms with E-state index in [0.717, 1.165) is 56.7 Å². The van der Waals surface area contributed by atoms with Crippen LogP contribution in [0.2, 0.25) is 0 Å². The highest BCUT2D eigenvalue weighted by Crippen LogP contribution is 2.22. The third-order valence-electron chi connectivity index (χ3n) is 5.31. The largest absolute Gasteiger partial charge is 0.444 e. The summed E-state index contributed by atoms with van der Waals surface area (Å²) in [5.41, 5.74) is 0. The highest BCUT2D eigenvalue weighted by Gasteiger charge is 2.26. The van der Waals surface area contributed by atoms with Gasteiger partial charge in [0, 0.05) is 58.4 Å². The fraction of sp³-hybridized carbons (Fsp3) is 0.526. The van der Waals surface area contributed by atoms with E-state index in [1.165, 1.54) is 0 Å². The maximum absolute atomic E-state index is 12.6. The summed E-state index contributed by atoms with van der Waals surface area (Å²) < 4.78 is 5.97. The Morgan fingerprint density at radius 1 is 0.964 bits per heavy atom. The summed E-state index contributed by atoms with van der Waals surface area (Å²) in [5.74, 6) is 3.02. The van der Waals surface area contributed by atoms with Gasteiger partial charge < -0.3 is 24.0 Å². The van der Waals surface area contributed by atoms with Gasteiger partial charge in [-0.3, -0.25) is 4.79 Å². The van der Waals surface area contributed by atoms with Gasteiger partial charge >= 0.3 is 0 Å². The molecule has 2 aliphatic rings. The van der Waals surface area contributed by atoms with Gasteiger partial charge in [0.1, 0.15) is 17.5 Å².